The Morgan fingerprint density at radius 2 is 2.23 bits per heavy atom. The van der Waals surface area contributed by atoms with Gasteiger partial charge in [0, 0.05) is 43.2 Å². The van der Waals surface area contributed by atoms with Gasteiger partial charge < -0.3 is 19.5 Å². The van der Waals surface area contributed by atoms with E-state index in [2.05, 4.69) is 16.4 Å². The summed E-state index contributed by atoms with van der Waals surface area (Å²) >= 11 is 1.40. The molecule has 0 spiro atoms. The molecule has 3 heterocycles. The zero-order chi connectivity index (χ0) is 24.8. The lowest BCUT2D eigenvalue weighted by Gasteiger charge is -2.27. The Kier molecular flexibility index (Phi) is 7.83. The molecule has 1 aliphatic heterocycles. The van der Waals surface area contributed by atoms with Crippen molar-refractivity contribution in [3.8, 4) is 11.8 Å². The number of ether oxygens (including phenoxy) is 1. The molecule has 0 unspecified atom stereocenters. The van der Waals surface area contributed by atoms with Gasteiger partial charge in [0.1, 0.15) is 16.8 Å². The minimum absolute atomic E-state index is 0.000798. The fourth-order valence-corrected chi connectivity index (χ4v) is 5.51. The molecule has 0 radical (unpaired) electrons. The zero-order valence-corrected chi connectivity index (χ0v) is 20.8. The van der Waals surface area contributed by atoms with Crippen molar-refractivity contribution in [3.63, 3.8) is 0 Å². The average molecular weight is 492 g/mol. The summed E-state index contributed by atoms with van der Waals surface area (Å²) in [6.45, 7) is 6.15. The maximum atomic E-state index is 12.8. The molecule has 0 fully saturated rings. The highest BCUT2D eigenvalue weighted by atomic mass is 32.1. The van der Waals surface area contributed by atoms with Gasteiger partial charge in [-0.1, -0.05) is 19.1 Å². The number of hydrogen-bond acceptors (Lipinski definition) is 6. The minimum Gasteiger partial charge on any atom is -0.494 e. The van der Waals surface area contributed by atoms with Gasteiger partial charge in [0.25, 0.3) is 0 Å². The lowest BCUT2D eigenvalue weighted by Crippen LogP contribution is -2.35. The van der Waals surface area contributed by atoms with Crippen molar-refractivity contribution in [2.24, 2.45) is 0 Å². The molecule has 4 rings (SSSR count). The lowest BCUT2D eigenvalue weighted by atomic mass is 9.97. The summed E-state index contributed by atoms with van der Waals surface area (Å²) in [6.07, 6.45) is 6.54. The number of nitrogens with zero attached hydrogens (tertiary/aromatic N) is 4. The number of aryl methyl sites for hydroxylation is 1. The molecular weight excluding hydrogens is 462 g/mol. The third-order valence-corrected chi connectivity index (χ3v) is 7.28. The van der Waals surface area contributed by atoms with Crippen LogP contribution in [-0.2, 0) is 29.1 Å². The van der Waals surface area contributed by atoms with Crippen molar-refractivity contribution < 1.29 is 14.3 Å². The first-order chi connectivity index (χ1) is 17.0. The second kappa shape index (κ2) is 11.2. The first-order valence-corrected chi connectivity index (χ1v) is 12.6. The predicted octanol–water partition coefficient (Wildman–Crippen LogP) is 4.32. The number of carbonyl (C=O) groups excluding carboxylic acids is 2. The number of imidazole rings is 1. The van der Waals surface area contributed by atoms with E-state index in [9.17, 15) is 14.9 Å². The summed E-state index contributed by atoms with van der Waals surface area (Å²) < 4.78 is 7.45. The fraction of sp³-hybridized carbons (Fsp3) is 0.385. The molecule has 9 heteroatoms. The SMILES string of the molecule is CCOc1cccc([C@@H](C)CC(=O)Nc2sc3c(c2C#N)CCN(C(=O)CCn2ccnc2)C3)c1. The van der Waals surface area contributed by atoms with Crippen LogP contribution in [0.15, 0.2) is 43.0 Å². The summed E-state index contributed by atoms with van der Waals surface area (Å²) in [5, 5.41) is 13.3. The van der Waals surface area contributed by atoms with Gasteiger partial charge in [0.2, 0.25) is 11.8 Å². The molecule has 1 aromatic carbocycles. The van der Waals surface area contributed by atoms with E-state index in [1.165, 1.54) is 11.3 Å². The summed E-state index contributed by atoms with van der Waals surface area (Å²) in [7, 11) is 0. The van der Waals surface area contributed by atoms with E-state index in [0.717, 1.165) is 21.8 Å². The number of thiophene rings is 1. The van der Waals surface area contributed by atoms with E-state index in [4.69, 9.17) is 4.74 Å². The van der Waals surface area contributed by atoms with E-state index in [0.29, 0.717) is 56.1 Å². The number of nitrogens with one attached hydrogen (secondary N) is 1. The quantitative estimate of drug-likeness (QED) is 0.480. The summed E-state index contributed by atoms with van der Waals surface area (Å²) in [5.41, 5.74) is 2.50. The molecule has 2 aromatic heterocycles. The smallest absolute Gasteiger partial charge is 0.225 e. The van der Waals surface area contributed by atoms with Gasteiger partial charge in [-0.3, -0.25) is 9.59 Å². The van der Waals surface area contributed by atoms with Crippen LogP contribution < -0.4 is 10.1 Å². The van der Waals surface area contributed by atoms with Gasteiger partial charge in [-0.25, -0.2) is 4.98 Å². The predicted molar refractivity (Wildman–Crippen MR) is 134 cm³/mol. The Bertz CT molecular complexity index is 1230. The molecular formula is C26H29N5O3S. The molecule has 1 N–H and O–H groups in total. The van der Waals surface area contributed by atoms with E-state index in [1.807, 2.05) is 53.8 Å². The van der Waals surface area contributed by atoms with Crippen molar-refractivity contribution >= 4 is 28.2 Å². The van der Waals surface area contributed by atoms with Gasteiger partial charge >= 0.3 is 0 Å². The van der Waals surface area contributed by atoms with E-state index >= 15 is 0 Å². The van der Waals surface area contributed by atoms with Crippen LogP contribution in [0.4, 0.5) is 5.00 Å². The van der Waals surface area contributed by atoms with Crippen LogP contribution in [0.1, 0.15) is 54.2 Å². The molecule has 3 aromatic rings. The van der Waals surface area contributed by atoms with E-state index in [1.54, 1.807) is 12.5 Å². The Labute approximate surface area is 209 Å². The molecule has 1 aliphatic rings. The number of amides is 2. The zero-order valence-electron chi connectivity index (χ0n) is 20.0. The monoisotopic (exact) mass is 491 g/mol. The highest BCUT2D eigenvalue weighted by Gasteiger charge is 2.27. The van der Waals surface area contributed by atoms with Gasteiger partial charge in [-0.05, 0) is 42.5 Å². The number of carbonyl (C=O) groups is 2. The third-order valence-electron chi connectivity index (χ3n) is 6.15. The third kappa shape index (κ3) is 5.89. The second-order valence-corrected chi connectivity index (χ2v) is 9.70. The first kappa shape index (κ1) is 24.5. The van der Waals surface area contributed by atoms with Gasteiger partial charge in [0.05, 0.1) is 25.0 Å². The molecule has 2 amide bonds. The Balaban J connectivity index is 1.39. The number of rotatable bonds is 9. The van der Waals surface area contributed by atoms with E-state index < -0.39 is 0 Å². The van der Waals surface area contributed by atoms with Crippen molar-refractivity contribution in [2.45, 2.75) is 52.1 Å². The largest absolute Gasteiger partial charge is 0.494 e. The maximum absolute atomic E-state index is 12.8. The topological polar surface area (TPSA) is 100 Å². The highest BCUT2D eigenvalue weighted by molar-refractivity contribution is 7.16. The highest BCUT2D eigenvalue weighted by Crippen LogP contribution is 2.37. The van der Waals surface area contributed by atoms with E-state index in [-0.39, 0.29) is 17.7 Å². The first-order valence-electron chi connectivity index (χ1n) is 11.8. The molecule has 182 valence electrons. The van der Waals surface area contributed by atoms with Gasteiger partial charge in [-0.15, -0.1) is 11.3 Å². The lowest BCUT2D eigenvalue weighted by molar-refractivity contribution is -0.132. The van der Waals surface area contributed by atoms with Crippen LogP contribution in [-0.4, -0.2) is 39.4 Å². The molecule has 8 nitrogen and oxygen atoms in total. The molecule has 35 heavy (non-hydrogen) atoms. The van der Waals surface area contributed by atoms with Crippen molar-refractivity contribution in [1.82, 2.24) is 14.5 Å². The van der Waals surface area contributed by atoms with Crippen LogP contribution in [0.5, 0.6) is 5.75 Å². The van der Waals surface area contributed by atoms with Crippen molar-refractivity contribution in [3.05, 3.63) is 64.6 Å². The van der Waals surface area contributed by atoms with Crippen LogP contribution in [0.2, 0.25) is 0 Å². The molecule has 1 atom stereocenters. The fourth-order valence-electron chi connectivity index (χ4n) is 4.28. The summed E-state index contributed by atoms with van der Waals surface area (Å²) in [5.74, 6) is 0.728. The Hall–Kier alpha value is -3.64. The number of nitriles is 1. The van der Waals surface area contributed by atoms with Gasteiger partial charge in [0.15, 0.2) is 0 Å². The van der Waals surface area contributed by atoms with Crippen molar-refractivity contribution in [1.29, 1.82) is 5.26 Å². The van der Waals surface area contributed by atoms with Gasteiger partial charge in [-0.2, -0.15) is 5.26 Å². The maximum Gasteiger partial charge on any atom is 0.225 e. The number of aromatic nitrogens is 2. The second-order valence-electron chi connectivity index (χ2n) is 8.59. The summed E-state index contributed by atoms with van der Waals surface area (Å²) in [6, 6.07) is 10.1. The van der Waals surface area contributed by atoms with Crippen LogP contribution >= 0.6 is 11.3 Å². The molecule has 0 bridgehead atoms. The molecule has 0 saturated carbocycles. The summed E-state index contributed by atoms with van der Waals surface area (Å²) in [4.78, 5) is 32.4. The number of hydrogen-bond donors (Lipinski definition) is 1. The minimum atomic E-state index is -0.136. The van der Waals surface area contributed by atoms with Crippen LogP contribution in [0, 0.1) is 11.3 Å². The van der Waals surface area contributed by atoms with Crippen LogP contribution in [0.3, 0.4) is 0 Å². The van der Waals surface area contributed by atoms with Crippen LogP contribution in [0.25, 0.3) is 0 Å². The Morgan fingerprint density at radius 1 is 1.37 bits per heavy atom. The number of fused-ring (bicyclic) bond motifs is 1. The standard InChI is InChI=1S/C26H29N5O3S/c1-3-34-20-6-4-5-19(14-20)18(2)13-24(32)29-26-22(15-27)21-7-11-31(16-23(21)35-26)25(33)8-10-30-12-9-28-17-30/h4-6,9,12,14,17-18H,3,7-8,10-11,13,16H2,1-2H3,(H,29,32)/t18-/m0/s1. The normalized spacial score (nSPS) is 13.6. The Morgan fingerprint density at radius 3 is 2.97 bits per heavy atom. The van der Waals surface area contributed by atoms with Crippen molar-refractivity contribution in [2.75, 3.05) is 18.5 Å². The average Bonchev–Trinajstić information content (AvgIpc) is 3.49. The molecule has 0 saturated heterocycles. The number of anilines is 1. The number of benzene rings is 1. The molecule has 0 aliphatic carbocycles.